The van der Waals surface area contributed by atoms with Crippen molar-refractivity contribution in [1.82, 2.24) is 9.97 Å². The van der Waals surface area contributed by atoms with Crippen LogP contribution in [0.1, 0.15) is 18.5 Å². The summed E-state index contributed by atoms with van der Waals surface area (Å²) < 4.78 is 8.34. The van der Waals surface area contributed by atoms with Gasteiger partial charge in [0.2, 0.25) is 0 Å². The van der Waals surface area contributed by atoms with Gasteiger partial charge in [-0.05, 0) is 42.2 Å². The van der Waals surface area contributed by atoms with Gasteiger partial charge in [-0.1, -0.05) is 18.2 Å². The van der Waals surface area contributed by atoms with Crippen LogP contribution in [0.5, 0.6) is 0 Å². The number of hydrogen-bond donors (Lipinski definition) is 0. The molecule has 0 N–H and O–H groups in total. The molecule has 1 atom stereocenters. The average Bonchev–Trinajstić information content (AvgIpc) is 3.16. The van der Waals surface area contributed by atoms with Crippen molar-refractivity contribution in [2.75, 3.05) is 0 Å². The van der Waals surface area contributed by atoms with E-state index in [1.165, 1.54) is 11.1 Å². The zero-order valence-electron chi connectivity index (χ0n) is 13.6. The Hall–Kier alpha value is -3.27. The molecule has 4 heterocycles. The lowest BCUT2D eigenvalue weighted by Crippen LogP contribution is -2.38. The van der Waals surface area contributed by atoms with Gasteiger partial charge in [0.25, 0.3) is 0 Å². The van der Waals surface area contributed by atoms with Crippen molar-refractivity contribution >= 4 is 33.1 Å². The van der Waals surface area contributed by atoms with E-state index in [1.807, 2.05) is 36.7 Å². The minimum atomic E-state index is 0.197. The van der Waals surface area contributed by atoms with Gasteiger partial charge in [-0.2, -0.15) is 0 Å². The first-order valence-corrected chi connectivity index (χ1v) is 8.42. The molecule has 1 aliphatic rings. The van der Waals surface area contributed by atoms with Crippen molar-refractivity contribution < 1.29 is 8.98 Å². The van der Waals surface area contributed by atoms with Gasteiger partial charge in [0.15, 0.2) is 11.2 Å². The second kappa shape index (κ2) is 4.42. The standard InChI is InChI=1S/C21H14N3O/c1-12-14-10-20-16(13-5-2-3-7-19(13)25-20)9-15(14)18-11-23-17-6-4-8-22-21(17)24(12)18/h2-12H,1H3/q+1. The average molecular weight is 324 g/mol. The van der Waals surface area contributed by atoms with E-state index in [0.29, 0.717) is 0 Å². The summed E-state index contributed by atoms with van der Waals surface area (Å²) >= 11 is 0. The van der Waals surface area contributed by atoms with Crippen molar-refractivity contribution in [3.05, 3.63) is 66.5 Å². The summed E-state index contributed by atoms with van der Waals surface area (Å²) in [6.45, 7) is 2.21. The second-order valence-corrected chi connectivity index (χ2v) is 6.57. The summed E-state index contributed by atoms with van der Waals surface area (Å²) in [6.07, 6.45) is 3.78. The van der Waals surface area contributed by atoms with Crippen LogP contribution in [0.15, 0.2) is 65.3 Å². The van der Waals surface area contributed by atoms with Crippen LogP contribution in [-0.2, 0) is 0 Å². The number of hydrogen-bond acceptors (Lipinski definition) is 3. The molecule has 4 heteroatoms. The third kappa shape index (κ3) is 1.59. The van der Waals surface area contributed by atoms with Crippen molar-refractivity contribution in [3.8, 4) is 11.3 Å². The van der Waals surface area contributed by atoms with Gasteiger partial charge >= 0.3 is 5.65 Å². The number of furan rings is 1. The Kier molecular flexibility index (Phi) is 2.31. The molecule has 0 amide bonds. The molecule has 5 aromatic rings. The van der Waals surface area contributed by atoms with Crippen LogP contribution in [0.25, 0.3) is 44.4 Å². The molecule has 0 fully saturated rings. The lowest BCUT2D eigenvalue weighted by Gasteiger charge is -2.05. The smallest absolute Gasteiger partial charge is 0.349 e. The lowest BCUT2D eigenvalue weighted by molar-refractivity contribution is -0.671. The third-order valence-electron chi connectivity index (χ3n) is 5.24. The summed E-state index contributed by atoms with van der Waals surface area (Å²) in [6, 6.07) is 16.7. The van der Waals surface area contributed by atoms with Gasteiger partial charge in [-0.25, -0.2) is 9.55 Å². The molecule has 4 nitrogen and oxygen atoms in total. The fourth-order valence-electron chi connectivity index (χ4n) is 4.07. The van der Waals surface area contributed by atoms with Crippen molar-refractivity contribution in [3.63, 3.8) is 0 Å². The quantitative estimate of drug-likeness (QED) is 0.396. The van der Waals surface area contributed by atoms with Gasteiger partial charge in [0.1, 0.15) is 23.4 Å². The highest BCUT2D eigenvalue weighted by Crippen LogP contribution is 2.39. The van der Waals surface area contributed by atoms with Gasteiger partial charge in [-0.15, -0.1) is 0 Å². The Balaban J connectivity index is 1.74. The highest BCUT2D eigenvalue weighted by Gasteiger charge is 2.34. The molecule has 25 heavy (non-hydrogen) atoms. The molecule has 0 bridgehead atoms. The third-order valence-corrected chi connectivity index (χ3v) is 5.24. The van der Waals surface area contributed by atoms with E-state index in [9.17, 15) is 0 Å². The fraction of sp³-hybridized carbons (Fsp3) is 0.0952. The molecule has 0 aliphatic carbocycles. The van der Waals surface area contributed by atoms with Crippen LogP contribution in [0, 0.1) is 0 Å². The van der Waals surface area contributed by atoms with Crippen molar-refractivity contribution in [2.24, 2.45) is 0 Å². The number of pyridine rings is 1. The zero-order valence-corrected chi connectivity index (χ0v) is 13.6. The first kappa shape index (κ1) is 13.1. The molecule has 0 saturated heterocycles. The molecule has 0 spiro atoms. The highest BCUT2D eigenvalue weighted by molar-refractivity contribution is 6.06. The summed E-state index contributed by atoms with van der Waals surface area (Å²) in [5.74, 6) is 0. The maximum absolute atomic E-state index is 6.07. The Morgan fingerprint density at radius 2 is 1.88 bits per heavy atom. The predicted octanol–water partition coefficient (Wildman–Crippen LogP) is 4.41. The molecule has 118 valence electrons. The number of benzene rings is 2. The number of para-hydroxylation sites is 1. The largest absolute Gasteiger partial charge is 0.456 e. The SMILES string of the molecule is CC1c2cc3oc4ccccc4c3cc2-c2cnc3cccnc3[n+]21. The number of aromatic nitrogens is 3. The monoisotopic (exact) mass is 324 g/mol. The first-order valence-electron chi connectivity index (χ1n) is 8.42. The first-order chi connectivity index (χ1) is 12.3. The fourth-order valence-corrected chi connectivity index (χ4v) is 4.07. The van der Waals surface area contributed by atoms with E-state index in [4.69, 9.17) is 4.42 Å². The minimum absolute atomic E-state index is 0.197. The molecule has 1 aliphatic heterocycles. The van der Waals surface area contributed by atoms with Crippen LogP contribution in [0.3, 0.4) is 0 Å². The molecular weight excluding hydrogens is 310 g/mol. The summed E-state index contributed by atoms with van der Waals surface area (Å²) in [4.78, 5) is 9.18. The van der Waals surface area contributed by atoms with Crippen LogP contribution >= 0.6 is 0 Å². The summed E-state index contributed by atoms with van der Waals surface area (Å²) in [5.41, 5.74) is 7.29. The molecular formula is C21H14N3O+. The zero-order chi connectivity index (χ0) is 16.5. The van der Waals surface area contributed by atoms with Crippen LogP contribution in [0.2, 0.25) is 0 Å². The van der Waals surface area contributed by atoms with Crippen LogP contribution in [0.4, 0.5) is 0 Å². The summed E-state index contributed by atoms with van der Waals surface area (Å²) in [7, 11) is 0. The molecule has 0 saturated carbocycles. The predicted molar refractivity (Wildman–Crippen MR) is 96.3 cm³/mol. The van der Waals surface area contributed by atoms with E-state index in [2.05, 4.69) is 45.7 Å². The Bertz CT molecular complexity index is 1320. The Morgan fingerprint density at radius 3 is 2.84 bits per heavy atom. The van der Waals surface area contributed by atoms with Crippen LogP contribution in [-0.4, -0.2) is 9.97 Å². The van der Waals surface area contributed by atoms with E-state index in [-0.39, 0.29) is 6.04 Å². The lowest BCUT2D eigenvalue weighted by atomic mass is 10.0. The van der Waals surface area contributed by atoms with Gasteiger partial charge < -0.3 is 4.42 Å². The minimum Gasteiger partial charge on any atom is -0.456 e. The Morgan fingerprint density at radius 1 is 0.960 bits per heavy atom. The topological polar surface area (TPSA) is 42.8 Å². The second-order valence-electron chi connectivity index (χ2n) is 6.57. The number of nitrogens with zero attached hydrogens (tertiary/aromatic N) is 3. The maximum Gasteiger partial charge on any atom is 0.349 e. The van der Waals surface area contributed by atoms with Gasteiger partial charge in [0.05, 0.1) is 6.20 Å². The van der Waals surface area contributed by atoms with E-state index in [1.54, 1.807) is 0 Å². The molecule has 0 radical (unpaired) electrons. The molecule has 6 rings (SSSR count). The van der Waals surface area contributed by atoms with Gasteiger partial charge in [0, 0.05) is 21.9 Å². The number of rotatable bonds is 0. The summed E-state index contributed by atoms with van der Waals surface area (Å²) in [5, 5.41) is 2.30. The molecule has 1 unspecified atom stereocenters. The molecule has 3 aromatic heterocycles. The number of fused-ring (bicyclic) bond motifs is 8. The molecule has 2 aromatic carbocycles. The highest BCUT2D eigenvalue weighted by atomic mass is 16.3. The normalized spacial score (nSPS) is 15.8. The van der Waals surface area contributed by atoms with Crippen molar-refractivity contribution in [1.29, 1.82) is 0 Å². The van der Waals surface area contributed by atoms with E-state index >= 15 is 0 Å². The van der Waals surface area contributed by atoms with Crippen molar-refractivity contribution in [2.45, 2.75) is 13.0 Å². The van der Waals surface area contributed by atoms with Crippen LogP contribution < -0.4 is 4.57 Å². The van der Waals surface area contributed by atoms with E-state index in [0.717, 1.165) is 38.8 Å². The van der Waals surface area contributed by atoms with E-state index < -0.39 is 0 Å². The van der Waals surface area contributed by atoms with Gasteiger partial charge in [-0.3, -0.25) is 0 Å². The maximum atomic E-state index is 6.07. The Labute approximate surface area is 143 Å².